The number of halogens is 4. The van der Waals surface area contributed by atoms with Crippen LogP contribution in [0.5, 0.6) is 0 Å². The molecule has 2 fully saturated rings. The van der Waals surface area contributed by atoms with E-state index in [9.17, 15) is 18.0 Å². The van der Waals surface area contributed by atoms with E-state index in [1.807, 2.05) is 7.05 Å². The summed E-state index contributed by atoms with van der Waals surface area (Å²) >= 11 is 0. The van der Waals surface area contributed by atoms with Gasteiger partial charge in [0.1, 0.15) is 5.82 Å². The van der Waals surface area contributed by atoms with E-state index in [1.165, 1.54) is 18.0 Å². The Morgan fingerprint density at radius 3 is 2.40 bits per heavy atom. The summed E-state index contributed by atoms with van der Waals surface area (Å²) in [6.07, 6.45) is -2.75. The summed E-state index contributed by atoms with van der Waals surface area (Å²) < 4.78 is 62.4. The molecular formula is C31H35F4N5O2. The number of rotatable bonds is 6. The maximum absolute atomic E-state index is 15.2. The van der Waals surface area contributed by atoms with Crippen molar-refractivity contribution in [2.24, 2.45) is 0 Å². The predicted octanol–water partition coefficient (Wildman–Crippen LogP) is 4.85. The normalized spacial score (nSPS) is 19.0. The van der Waals surface area contributed by atoms with Crippen LogP contribution in [0.4, 0.5) is 28.9 Å². The highest BCUT2D eigenvalue weighted by Gasteiger charge is 2.40. The van der Waals surface area contributed by atoms with Gasteiger partial charge in [0.15, 0.2) is 0 Å². The minimum atomic E-state index is -4.75. The predicted molar refractivity (Wildman–Crippen MR) is 155 cm³/mol. The van der Waals surface area contributed by atoms with E-state index in [0.717, 1.165) is 44.0 Å². The number of benzene rings is 2. The fourth-order valence-electron chi connectivity index (χ4n) is 5.33. The molecule has 0 spiro atoms. The number of amides is 1. The molecule has 5 rings (SSSR count). The summed E-state index contributed by atoms with van der Waals surface area (Å²) in [4.78, 5) is 21.3. The average Bonchev–Trinajstić information content (AvgIpc) is 2.96. The molecule has 0 radical (unpaired) electrons. The largest absolute Gasteiger partial charge is 0.417 e. The van der Waals surface area contributed by atoms with Crippen molar-refractivity contribution in [3.05, 3.63) is 83.5 Å². The van der Waals surface area contributed by atoms with Crippen molar-refractivity contribution in [3.8, 4) is 11.1 Å². The van der Waals surface area contributed by atoms with Gasteiger partial charge in [0.25, 0.3) is 5.91 Å². The molecule has 1 N–H and O–H groups in total. The zero-order chi connectivity index (χ0) is 30.0. The molecule has 224 valence electrons. The van der Waals surface area contributed by atoms with Gasteiger partial charge in [0.05, 0.1) is 35.7 Å². The number of piperazine rings is 1. The topological polar surface area (TPSA) is 51.3 Å². The molecule has 0 atom stereocenters. The summed E-state index contributed by atoms with van der Waals surface area (Å²) in [5.74, 6) is -1.34. The molecule has 0 unspecified atom stereocenters. The monoisotopic (exact) mass is 585 g/mol. The lowest BCUT2D eigenvalue weighted by atomic mass is 9.99. The quantitative estimate of drug-likeness (QED) is 0.490. The smallest absolute Gasteiger partial charge is 0.379 e. The number of anilines is 2. The van der Waals surface area contributed by atoms with Crippen molar-refractivity contribution >= 4 is 17.3 Å². The first-order valence-electron chi connectivity index (χ1n) is 13.9. The van der Waals surface area contributed by atoms with Crippen molar-refractivity contribution in [2.75, 3.05) is 76.8 Å². The molecule has 3 aliphatic heterocycles. The minimum absolute atomic E-state index is 0.117. The van der Waals surface area contributed by atoms with Gasteiger partial charge in [-0.3, -0.25) is 9.69 Å². The minimum Gasteiger partial charge on any atom is -0.379 e. The second-order valence-electron chi connectivity index (χ2n) is 10.9. The van der Waals surface area contributed by atoms with Gasteiger partial charge in [-0.25, -0.2) is 4.39 Å². The van der Waals surface area contributed by atoms with Crippen molar-refractivity contribution < 1.29 is 27.1 Å². The number of allylic oxidation sites excluding steroid dienone is 1. The van der Waals surface area contributed by atoms with E-state index >= 15 is 4.39 Å². The highest BCUT2D eigenvalue weighted by molar-refractivity contribution is 6.09. The van der Waals surface area contributed by atoms with Gasteiger partial charge in [-0.1, -0.05) is 18.7 Å². The van der Waals surface area contributed by atoms with Crippen molar-refractivity contribution in [1.82, 2.24) is 14.7 Å². The third-order valence-electron chi connectivity index (χ3n) is 7.87. The Labute approximate surface area is 243 Å². The van der Waals surface area contributed by atoms with Crippen LogP contribution < -0.4 is 10.2 Å². The summed E-state index contributed by atoms with van der Waals surface area (Å²) in [5, 5.41) is 2.73. The Morgan fingerprint density at radius 2 is 1.71 bits per heavy atom. The number of morpholine rings is 1. The molecule has 1 amide bonds. The number of hydrogen-bond donors (Lipinski definition) is 1. The molecule has 11 heteroatoms. The molecule has 7 nitrogen and oxygen atoms in total. The SMILES string of the molecule is C=C1C=C(C(F)(F)F)C(C(=O)Nc2cc(-c3cc(CN4CCOCC4)ccc3F)ccc2N2CCN(C)CC2)=CN1C. The second-order valence-corrected chi connectivity index (χ2v) is 10.9. The summed E-state index contributed by atoms with van der Waals surface area (Å²) in [6.45, 7) is 10.0. The number of carbonyl (C=O) groups excluding carboxylic acids is 1. The van der Waals surface area contributed by atoms with Crippen molar-refractivity contribution in [3.63, 3.8) is 0 Å². The van der Waals surface area contributed by atoms with Crippen LogP contribution in [0.25, 0.3) is 11.1 Å². The highest BCUT2D eigenvalue weighted by Crippen LogP contribution is 2.38. The lowest BCUT2D eigenvalue weighted by molar-refractivity contribution is -0.115. The van der Waals surface area contributed by atoms with Crippen LogP contribution >= 0.6 is 0 Å². The number of nitrogens with one attached hydrogen (secondary N) is 1. The number of carbonyl (C=O) groups is 1. The molecule has 42 heavy (non-hydrogen) atoms. The van der Waals surface area contributed by atoms with E-state index in [4.69, 9.17) is 4.74 Å². The van der Waals surface area contributed by atoms with Gasteiger partial charge in [-0.2, -0.15) is 13.2 Å². The van der Waals surface area contributed by atoms with Crippen LogP contribution in [0, 0.1) is 5.82 Å². The molecule has 2 aromatic carbocycles. The molecule has 0 saturated carbocycles. The zero-order valence-corrected chi connectivity index (χ0v) is 23.8. The molecule has 0 aromatic heterocycles. The van der Waals surface area contributed by atoms with Gasteiger partial charge in [0.2, 0.25) is 0 Å². The first-order valence-corrected chi connectivity index (χ1v) is 13.9. The Bertz CT molecular complexity index is 1410. The number of ether oxygens (including phenoxy) is 1. The van der Waals surface area contributed by atoms with Gasteiger partial charge in [-0.15, -0.1) is 0 Å². The fourth-order valence-corrected chi connectivity index (χ4v) is 5.33. The van der Waals surface area contributed by atoms with Crippen LogP contribution in [0.3, 0.4) is 0 Å². The van der Waals surface area contributed by atoms with Gasteiger partial charge < -0.3 is 24.8 Å². The number of hydrogen-bond acceptors (Lipinski definition) is 6. The first-order chi connectivity index (χ1) is 20.0. The maximum Gasteiger partial charge on any atom is 0.417 e. The van der Waals surface area contributed by atoms with E-state index in [1.54, 1.807) is 30.3 Å². The van der Waals surface area contributed by atoms with E-state index < -0.39 is 29.0 Å². The second kappa shape index (κ2) is 12.3. The van der Waals surface area contributed by atoms with Crippen molar-refractivity contribution in [2.45, 2.75) is 12.7 Å². The number of likely N-dealkylation sites (N-methyl/N-ethyl adjacent to an activating group) is 2. The number of nitrogens with zero attached hydrogens (tertiary/aromatic N) is 4. The summed E-state index contributed by atoms with van der Waals surface area (Å²) in [6, 6.07) is 10.2. The van der Waals surface area contributed by atoms with Crippen LogP contribution in [0.2, 0.25) is 0 Å². The Morgan fingerprint density at radius 1 is 1.00 bits per heavy atom. The maximum atomic E-state index is 15.2. The van der Waals surface area contributed by atoms with Crippen LogP contribution in [-0.2, 0) is 16.1 Å². The van der Waals surface area contributed by atoms with Crippen LogP contribution in [0.15, 0.2) is 72.1 Å². The van der Waals surface area contributed by atoms with Crippen molar-refractivity contribution in [1.29, 1.82) is 0 Å². The molecule has 0 aliphatic carbocycles. The van der Waals surface area contributed by atoms with Crippen LogP contribution in [-0.4, -0.2) is 93.4 Å². The molecule has 2 saturated heterocycles. The van der Waals surface area contributed by atoms with Gasteiger partial charge >= 0.3 is 6.18 Å². The van der Waals surface area contributed by atoms with Gasteiger partial charge in [0, 0.05) is 70.3 Å². The number of alkyl halides is 3. The van der Waals surface area contributed by atoms with E-state index in [2.05, 4.69) is 26.6 Å². The Kier molecular flexibility index (Phi) is 8.72. The first kappa shape index (κ1) is 29.8. The summed E-state index contributed by atoms with van der Waals surface area (Å²) in [5.41, 5.74) is 1.30. The Hall–Kier alpha value is -3.67. The third kappa shape index (κ3) is 6.69. The molecule has 0 bridgehead atoms. The molecular weight excluding hydrogens is 550 g/mol. The molecule has 3 aliphatic rings. The van der Waals surface area contributed by atoms with Gasteiger partial charge in [-0.05, 0) is 48.5 Å². The van der Waals surface area contributed by atoms with Crippen LogP contribution in [0.1, 0.15) is 5.56 Å². The fraction of sp³-hybridized carbons (Fsp3) is 0.387. The third-order valence-corrected chi connectivity index (χ3v) is 7.87. The summed E-state index contributed by atoms with van der Waals surface area (Å²) in [7, 11) is 3.54. The zero-order valence-electron chi connectivity index (χ0n) is 23.8. The molecule has 2 aromatic rings. The molecule has 3 heterocycles. The average molecular weight is 586 g/mol. The lowest BCUT2D eigenvalue weighted by Crippen LogP contribution is -2.44. The Balaban J connectivity index is 1.50. The highest BCUT2D eigenvalue weighted by atomic mass is 19.4. The lowest BCUT2D eigenvalue weighted by Gasteiger charge is -2.35. The van der Waals surface area contributed by atoms with E-state index in [0.29, 0.717) is 55.3 Å². The van der Waals surface area contributed by atoms with E-state index in [-0.39, 0.29) is 5.70 Å². The standard InChI is InChI=1S/C31H35F4N5O2/c1-21-16-26(31(33,34)35)25(20-38(21)3)30(41)36-28-18-23(5-7-29(28)40-10-8-37(2)9-11-40)24-17-22(4-6-27(24)32)19-39-12-14-42-15-13-39/h4-7,16-18,20H,1,8-15,19H2,2-3H3,(H,36,41).